The third-order valence-corrected chi connectivity index (χ3v) is 4.31. The van der Waals surface area contributed by atoms with Crippen molar-refractivity contribution in [2.24, 2.45) is 0 Å². The molecule has 0 saturated carbocycles. The average molecular weight is 324 g/mol. The zero-order chi connectivity index (χ0) is 15.5. The molecule has 0 N–H and O–H groups in total. The molecular weight excluding hydrogens is 308 g/mol. The molecule has 5 nitrogen and oxygen atoms in total. The van der Waals surface area contributed by atoms with E-state index in [0.717, 1.165) is 29.9 Å². The van der Waals surface area contributed by atoms with Gasteiger partial charge in [0.2, 0.25) is 5.88 Å². The van der Waals surface area contributed by atoms with Gasteiger partial charge in [0.25, 0.3) is 0 Å². The summed E-state index contributed by atoms with van der Waals surface area (Å²) in [6.07, 6.45) is 6.90. The quantitative estimate of drug-likeness (QED) is 0.508. The zero-order valence-corrected chi connectivity index (χ0v) is 13.3. The summed E-state index contributed by atoms with van der Waals surface area (Å²) in [7, 11) is 0. The van der Waals surface area contributed by atoms with Gasteiger partial charge in [0, 0.05) is 35.9 Å². The minimum Gasteiger partial charge on any atom is -0.477 e. The average Bonchev–Trinajstić information content (AvgIpc) is 3.31. The standard InChI is InChI=1S/C17H16N4OS/c1-2-8-20(7-1)9-3-10-22-17-5-4-16-18-12-15(21(16)19-17)14-6-11-23-13-14/h1-2,4-8,11-13H,3,9-10H2. The Morgan fingerprint density at radius 3 is 2.87 bits per heavy atom. The molecular formula is C17H16N4OS. The van der Waals surface area contributed by atoms with Crippen LogP contribution in [0.4, 0.5) is 0 Å². The highest BCUT2D eigenvalue weighted by molar-refractivity contribution is 7.08. The summed E-state index contributed by atoms with van der Waals surface area (Å²) < 4.78 is 9.76. The molecule has 0 aliphatic heterocycles. The largest absolute Gasteiger partial charge is 0.477 e. The van der Waals surface area contributed by atoms with Crippen LogP contribution in [0.25, 0.3) is 16.9 Å². The number of aromatic nitrogens is 4. The fourth-order valence-electron chi connectivity index (χ4n) is 2.48. The molecule has 0 saturated heterocycles. The van der Waals surface area contributed by atoms with Gasteiger partial charge in [-0.25, -0.2) is 9.50 Å². The van der Waals surface area contributed by atoms with Crippen LogP contribution in [0.3, 0.4) is 0 Å². The predicted molar refractivity (Wildman–Crippen MR) is 90.8 cm³/mol. The van der Waals surface area contributed by atoms with Crippen molar-refractivity contribution in [2.45, 2.75) is 13.0 Å². The van der Waals surface area contributed by atoms with Crippen molar-refractivity contribution in [1.29, 1.82) is 0 Å². The van der Waals surface area contributed by atoms with Gasteiger partial charge in [0.15, 0.2) is 5.65 Å². The Morgan fingerprint density at radius 2 is 2.04 bits per heavy atom. The maximum Gasteiger partial charge on any atom is 0.231 e. The summed E-state index contributed by atoms with van der Waals surface area (Å²) >= 11 is 1.66. The first kappa shape index (κ1) is 14.0. The summed E-state index contributed by atoms with van der Waals surface area (Å²) in [5, 5.41) is 8.70. The summed E-state index contributed by atoms with van der Waals surface area (Å²) in [6.45, 7) is 1.58. The number of hydrogen-bond donors (Lipinski definition) is 0. The Bertz CT molecular complexity index is 881. The molecule has 0 atom stereocenters. The van der Waals surface area contributed by atoms with Gasteiger partial charge < -0.3 is 9.30 Å². The summed E-state index contributed by atoms with van der Waals surface area (Å²) in [6, 6.07) is 9.93. The maximum atomic E-state index is 5.78. The lowest BCUT2D eigenvalue weighted by Gasteiger charge is -2.07. The maximum absolute atomic E-state index is 5.78. The SMILES string of the molecule is c1ccn(CCCOc2ccc3ncc(-c4ccsc4)n3n2)c1. The van der Waals surface area contributed by atoms with Crippen molar-refractivity contribution < 1.29 is 4.74 Å². The van der Waals surface area contributed by atoms with Crippen LogP contribution in [0.1, 0.15) is 6.42 Å². The van der Waals surface area contributed by atoms with E-state index in [-0.39, 0.29) is 0 Å². The number of imidazole rings is 1. The molecule has 4 rings (SSSR count). The molecule has 0 radical (unpaired) electrons. The molecule has 4 aromatic rings. The lowest BCUT2D eigenvalue weighted by molar-refractivity contribution is 0.287. The molecule has 0 bridgehead atoms. The third kappa shape index (κ3) is 2.98. The molecule has 0 unspecified atom stereocenters. The molecule has 0 aliphatic carbocycles. The minimum atomic E-state index is 0.625. The van der Waals surface area contributed by atoms with Crippen LogP contribution in [-0.4, -0.2) is 25.8 Å². The topological polar surface area (TPSA) is 44.4 Å². The van der Waals surface area contributed by atoms with Gasteiger partial charge in [-0.15, -0.1) is 5.10 Å². The lowest BCUT2D eigenvalue weighted by atomic mass is 10.3. The van der Waals surface area contributed by atoms with Crippen LogP contribution < -0.4 is 4.74 Å². The van der Waals surface area contributed by atoms with E-state index in [0.29, 0.717) is 12.5 Å². The van der Waals surface area contributed by atoms with Gasteiger partial charge >= 0.3 is 0 Å². The number of thiophene rings is 1. The smallest absolute Gasteiger partial charge is 0.231 e. The van der Waals surface area contributed by atoms with E-state index in [1.807, 2.05) is 35.0 Å². The van der Waals surface area contributed by atoms with Crippen molar-refractivity contribution in [3.05, 3.63) is 59.7 Å². The summed E-state index contributed by atoms with van der Waals surface area (Å²) in [5.74, 6) is 0.625. The monoisotopic (exact) mass is 324 g/mol. The zero-order valence-electron chi connectivity index (χ0n) is 12.5. The lowest BCUT2D eigenvalue weighted by Crippen LogP contribution is -2.05. The second kappa shape index (κ2) is 6.26. The molecule has 0 fully saturated rings. The van der Waals surface area contributed by atoms with Crippen molar-refractivity contribution in [3.63, 3.8) is 0 Å². The minimum absolute atomic E-state index is 0.625. The molecule has 116 valence electrons. The number of hydrogen-bond acceptors (Lipinski definition) is 4. The van der Waals surface area contributed by atoms with E-state index in [2.05, 4.69) is 43.9 Å². The fourth-order valence-corrected chi connectivity index (χ4v) is 3.13. The van der Waals surface area contributed by atoms with Gasteiger partial charge in [0.1, 0.15) is 0 Å². The Balaban J connectivity index is 1.46. The van der Waals surface area contributed by atoms with Gasteiger partial charge in [0.05, 0.1) is 18.5 Å². The predicted octanol–water partition coefficient (Wildman–Crippen LogP) is 3.73. The first-order chi connectivity index (χ1) is 11.4. The normalized spacial score (nSPS) is 11.1. The van der Waals surface area contributed by atoms with Crippen molar-refractivity contribution in [2.75, 3.05) is 6.61 Å². The number of fused-ring (bicyclic) bond motifs is 1. The molecule has 6 heteroatoms. The van der Waals surface area contributed by atoms with Gasteiger partial charge in [-0.3, -0.25) is 0 Å². The Hall–Kier alpha value is -2.60. The number of nitrogens with zero attached hydrogens (tertiary/aromatic N) is 4. The first-order valence-electron chi connectivity index (χ1n) is 7.51. The molecule has 23 heavy (non-hydrogen) atoms. The van der Waals surface area contributed by atoms with E-state index in [1.165, 1.54) is 0 Å². The molecule has 0 amide bonds. The van der Waals surface area contributed by atoms with Gasteiger partial charge in [-0.1, -0.05) is 0 Å². The molecule has 4 heterocycles. The van der Waals surface area contributed by atoms with E-state index in [1.54, 1.807) is 11.3 Å². The molecule has 4 aromatic heterocycles. The van der Waals surface area contributed by atoms with Crippen molar-refractivity contribution in [1.82, 2.24) is 19.2 Å². The van der Waals surface area contributed by atoms with Crippen LogP contribution in [0, 0.1) is 0 Å². The van der Waals surface area contributed by atoms with Crippen LogP contribution in [-0.2, 0) is 6.54 Å². The highest BCUT2D eigenvalue weighted by Gasteiger charge is 2.08. The molecule has 0 aliphatic rings. The van der Waals surface area contributed by atoms with Crippen LogP contribution in [0.2, 0.25) is 0 Å². The van der Waals surface area contributed by atoms with Gasteiger partial charge in [-0.05, 0) is 36.1 Å². The van der Waals surface area contributed by atoms with E-state index in [9.17, 15) is 0 Å². The Labute approximate surface area is 137 Å². The van der Waals surface area contributed by atoms with E-state index >= 15 is 0 Å². The number of rotatable bonds is 6. The Morgan fingerprint density at radius 1 is 1.13 bits per heavy atom. The second-order valence-electron chi connectivity index (χ2n) is 5.22. The first-order valence-corrected chi connectivity index (χ1v) is 8.45. The fraction of sp³-hybridized carbons (Fsp3) is 0.176. The Kier molecular flexibility index (Phi) is 3.81. The summed E-state index contributed by atoms with van der Waals surface area (Å²) in [5.41, 5.74) is 2.93. The number of ether oxygens (including phenoxy) is 1. The van der Waals surface area contributed by atoms with E-state index in [4.69, 9.17) is 4.74 Å². The highest BCUT2D eigenvalue weighted by Crippen LogP contribution is 2.23. The van der Waals surface area contributed by atoms with Crippen molar-refractivity contribution >= 4 is 17.0 Å². The van der Waals surface area contributed by atoms with Crippen LogP contribution in [0.5, 0.6) is 5.88 Å². The second-order valence-corrected chi connectivity index (χ2v) is 6.00. The third-order valence-electron chi connectivity index (χ3n) is 3.63. The van der Waals surface area contributed by atoms with Crippen LogP contribution in [0.15, 0.2) is 59.7 Å². The molecule has 0 spiro atoms. The molecule has 0 aromatic carbocycles. The summed E-state index contributed by atoms with van der Waals surface area (Å²) in [4.78, 5) is 4.39. The van der Waals surface area contributed by atoms with Crippen molar-refractivity contribution in [3.8, 4) is 17.1 Å². The van der Waals surface area contributed by atoms with E-state index < -0.39 is 0 Å². The van der Waals surface area contributed by atoms with Crippen LogP contribution >= 0.6 is 11.3 Å². The highest BCUT2D eigenvalue weighted by atomic mass is 32.1. The van der Waals surface area contributed by atoms with Gasteiger partial charge in [-0.2, -0.15) is 11.3 Å². The number of aryl methyl sites for hydroxylation is 1.